The van der Waals surface area contributed by atoms with Crippen molar-refractivity contribution in [3.05, 3.63) is 83.6 Å². The molecule has 1 aliphatic heterocycles. The van der Waals surface area contributed by atoms with E-state index < -0.39 is 0 Å². The fourth-order valence-electron chi connectivity index (χ4n) is 6.07. The SMILES string of the molecule is CCN(CC)CCOc1ccc(Oc2nc(Nc3ccc(N4CCN(CCN(C)C)CC4)cc3)ncc2C(=O)Nc2c(C)cccc2C)c(OC)c1. The maximum Gasteiger partial charge on any atom is 0.262 e. The minimum atomic E-state index is -0.388. The Morgan fingerprint density at radius 2 is 1.62 bits per heavy atom. The van der Waals surface area contributed by atoms with E-state index in [1.54, 1.807) is 19.2 Å². The Bertz CT molecular complexity index is 1740. The van der Waals surface area contributed by atoms with Crippen LogP contribution in [0.25, 0.3) is 0 Å². The van der Waals surface area contributed by atoms with Gasteiger partial charge in [-0.1, -0.05) is 32.0 Å². The zero-order valence-corrected chi connectivity index (χ0v) is 31.7. The number of nitrogens with one attached hydrogen (secondary N) is 2. The smallest absolute Gasteiger partial charge is 0.262 e. The van der Waals surface area contributed by atoms with E-state index >= 15 is 0 Å². The summed E-state index contributed by atoms with van der Waals surface area (Å²) in [7, 11) is 5.80. The molecule has 0 bridgehead atoms. The van der Waals surface area contributed by atoms with E-state index in [-0.39, 0.29) is 23.3 Å². The standard InChI is InChI=1S/C40H54N8O4/c1-8-46(9-2)25-26-51-33-17-18-35(36(27-33)50-7)52-39-34(38(49)43-37-29(3)11-10-12-30(37)4)28-41-40(44-39)42-31-13-15-32(16-14-31)48-23-21-47(22-24-48)20-19-45(5)6/h10-18,27-28H,8-9,19-26H2,1-7H3,(H,43,49)(H,41,42,44). The van der Waals surface area contributed by atoms with Crippen LogP contribution in [0.3, 0.4) is 0 Å². The molecule has 0 unspecified atom stereocenters. The van der Waals surface area contributed by atoms with Crippen molar-refractivity contribution in [3.8, 4) is 23.1 Å². The fourth-order valence-corrected chi connectivity index (χ4v) is 6.07. The summed E-state index contributed by atoms with van der Waals surface area (Å²) in [6, 6.07) is 19.5. The molecule has 0 aliphatic carbocycles. The number of aryl methyl sites for hydroxylation is 2. The van der Waals surface area contributed by atoms with Crippen molar-refractivity contribution in [2.24, 2.45) is 0 Å². The van der Waals surface area contributed by atoms with E-state index in [4.69, 9.17) is 14.2 Å². The van der Waals surface area contributed by atoms with E-state index in [1.807, 2.05) is 50.2 Å². The highest BCUT2D eigenvalue weighted by Gasteiger charge is 2.21. The molecule has 5 rings (SSSR count). The molecule has 278 valence electrons. The summed E-state index contributed by atoms with van der Waals surface area (Å²) in [6.45, 7) is 17.7. The van der Waals surface area contributed by atoms with Gasteiger partial charge in [-0.3, -0.25) is 9.69 Å². The summed E-state index contributed by atoms with van der Waals surface area (Å²) in [4.78, 5) is 32.4. The van der Waals surface area contributed by atoms with Crippen molar-refractivity contribution >= 4 is 28.9 Å². The van der Waals surface area contributed by atoms with Crippen molar-refractivity contribution in [1.29, 1.82) is 0 Å². The normalized spacial score (nSPS) is 13.4. The molecule has 0 radical (unpaired) electrons. The molecule has 0 atom stereocenters. The Morgan fingerprint density at radius 3 is 2.27 bits per heavy atom. The van der Waals surface area contributed by atoms with Gasteiger partial charge < -0.3 is 39.5 Å². The molecule has 2 heterocycles. The monoisotopic (exact) mass is 710 g/mol. The molecular formula is C40H54N8O4. The maximum atomic E-state index is 13.7. The molecule has 4 aromatic rings. The zero-order valence-electron chi connectivity index (χ0n) is 31.7. The molecule has 12 nitrogen and oxygen atoms in total. The molecule has 52 heavy (non-hydrogen) atoms. The highest BCUT2D eigenvalue weighted by atomic mass is 16.5. The predicted octanol–water partition coefficient (Wildman–Crippen LogP) is 6.29. The minimum absolute atomic E-state index is 0.0819. The first-order valence-corrected chi connectivity index (χ1v) is 18.1. The van der Waals surface area contributed by atoms with E-state index in [0.29, 0.717) is 23.9 Å². The number of para-hydroxylation sites is 1. The third kappa shape index (κ3) is 10.3. The minimum Gasteiger partial charge on any atom is -0.493 e. The van der Waals surface area contributed by atoms with Gasteiger partial charge in [0.15, 0.2) is 11.5 Å². The van der Waals surface area contributed by atoms with Crippen LogP contribution < -0.4 is 29.7 Å². The van der Waals surface area contributed by atoms with Crippen molar-refractivity contribution < 1.29 is 19.0 Å². The summed E-state index contributed by atoms with van der Waals surface area (Å²) in [5.41, 5.74) is 4.80. The van der Waals surface area contributed by atoms with Gasteiger partial charge in [-0.25, -0.2) is 4.98 Å². The molecule has 0 spiro atoms. The van der Waals surface area contributed by atoms with Crippen LogP contribution in [0.4, 0.5) is 23.0 Å². The van der Waals surface area contributed by atoms with Gasteiger partial charge in [-0.05, 0) is 88.6 Å². The van der Waals surface area contributed by atoms with E-state index in [0.717, 1.165) is 81.4 Å². The molecule has 1 aromatic heterocycles. The largest absolute Gasteiger partial charge is 0.493 e. The molecule has 0 saturated carbocycles. The highest BCUT2D eigenvalue weighted by molar-refractivity contribution is 6.06. The van der Waals surface area contributed by atoms with Gasteiger partial charge in [0.2, 0.25) is 11.8 Å². The molecule has 12 heteroatoms. The summed E-state index contributed by atoms with van der Waals surface area (Å²) in [6.07, 6.45) is 1.48. The quantitative estimate of drug-likeness (QED) is 0.129. The third-order valence-electron chi connectivity index (χ3n) is 9.35. The first-order chi connectivity index (χ1) is 25.2. The van der Waals surface area contributed by atoms with Crippen LogP contribution in [0.2, 0.25) is 0 Å². The lowest BCUT2D eigenvalue weighted by atomic mass is 10.1. The van der Waals surface area contributed by atoms with Crippen molar-refractivity contribution in [2.75, 3.05) is 102 Å². The van der Waals surface area contributed by atoms with Gasteiger partial charge in [-0.2, -0.15) is 4.98 Å². The Kier molecular flexibility index (Phi) is 13.7. The van der Waals surface area contributed by atoms with Crippen LogP contribution in [0.1, 0.15) is 35.3 Å². The number of ether oxygens (including phenoxy) is 3. The lowest BCUT2D eigenvalue weighted by Crippen LogP contribution is -2.48. The number of piperazine rings is 1. The van der Waals surface area contributed by atoms with Gasteiger partial charge in [0.1, 0.15) is 17.9 Å². The number of hydrogen-bond donors (Lipinski definition) is 2. The van der Waals surface area contributed by atoms with Crippen molar-refractivity contribution in [3.63, 3.8) is 0 Å². The van der Waals surface area contributed by atoms with Crippen molar-refractivity contribution in [2.45, 2.75) is 27.7 Å². The first kappa shape index (κ1) is 38.3. The second-order valence-electron chi connectivity index (χ2n) is 13.2. The molecule has 3 aromatic carbocycles. The zero-order chi connectivity index (χ0) is 37.0. The number of anilines is 4. The van der Waals surface area contributed by atoms with E-state index in [9.17, 15) is 4.79 Å². The van der Waals surface area contributed by atoms with Crippen molar-refractivity contribution in [1.82, 2.24) is 24.7 Å². The Balaban J connectivity index is 1.34. The average Bonchev–Trinajstić information content (AvgIpc) is 3.15. The molecule has 1 saturated heterocycles. The summed E-state index contributed by atoms with van der Waals surface area (Å²) in [5.74, 6) is 1.47. The second kappa shape index (κ2) is 18.5. The van der Waals surface area contributed by atoms with E-state index in [2.05, 4.69) is 80.3 Å². The first-order valence-electron chi connectivity index (χ1n) is 18.1. The number of methoxy groups -OCH3 is 1. The Morgan fingerprint density at radius 1 is 0.904 bits per heavy atom. The molecule has 2 N–H and O–H groups in total. The number of hydrogen-bond acceptors (Lipinski definition) is 11. The molecule has 1 amide bonds. The molecule has 1 aliphatic rings. The number of likely N-dealkylation sites (N-methyl/N-ethyl adjacent to an activating group) is 2. The van der Waals surface area contributed by atoms with Gasteiger partial charge >= 0.3 is 0 Å². The fraction of sp³-hybridized carbons (Fsp3) is 0.425. The molecule has 1 fully saturated rings. The van der Waals surface area contributed by atoms with Gasteiger partial charge in [0.05, 0.1) is 7.11 Å². The predicted molar refractivity (Wildman–Crippen MR) is 209 cm³/mol. The summed E-state index contributed by atoms with van der Waals surface area (Å²) >= 11 is 0. The number of amides is 1. The Labute approximate surface area is 308 Å². The van der Waals surface area contributed by atoms with Gasteiger partial charge in [0.25, 0.3) is 5.91 Å². The van der Waals surface area contributed by atoms with Crippen LogP contribution in [0.5, 0.6) is 23.1 Å². The summed E-state index contributed by atoms with van der Waals surface area (Å²) < 4.78 is 18.0. The maximum absolute atomic E-state index is 13.7. The topological polar surface area (TPSA) is 108 Å². The van der Waals surface area contributed by atoms with Gasteiger partial charge in [-0.15, -0.1) is 0 Å². The number of aromatic nitrogens is 2. The van der Waals surface area contributed by atoms with Crippen LogP contribution >= 0.6 is 0 Å². The highest BCUT2D eigenvalue weighted by Crippen LogP contribution is 2.36. The van der Waals surface area contributed by atoms with E-state index in [1.165, 1.54) is 11.9 Å². The average molecular weight is 711 g/mol. The van der Waals surface area contributed by atoms with Crippen LogP contribution in [-0.4, -0.2) is 117 Å². The number of rotatable bonds is 17. The summed E-state index contributed by atoms with van der Waals surface area (Å²) in [5, 5.41) is 6.32. The third-order valence-corrected chi connectivity index (χ3v) is 9.35. The number of nitrogens with zero attached hydrogens (tertiary/aromatic N) is 6. The van der Waals surface area contributed by atoms with Crippen LogP contribution in [0.15, 0.2) is 66.9 Å². The number of carbonyl (C=O) groups excluding carboxylic acids is 1. The lowest BCUT2D eigenvalue weighted by Gasteiger charge is -2.36. The Hall–Kier alpha value is -4.91. The second-order valence-corrected chi connectivity index (χ2v) is 13.2. The number of benzene rings is 3. The van der Waals surface area contributed by atoms with Crippen LogP contribution in [0, 0.1) is 13.8 Å². The molecular weight excluding hydrogens is 656 g/mol. The van der Waals surface area contributed by atoms with Crippen LogP contribution in [-0.2, 0) is 0 Å². The number of carbonyl (C=O) groups is 1. The van der Waals surface area contributed by atoms with Gasteiger partial charge in [0, 0.05) is 75.1 Å². The lowest BCUT2D eigenvalue weighted by molar-refractivity contribution is 0.102.